The maximum absolute atomic E-state index is 12.7. The Hall–Kier alpha value is -3.93. The Kier molecular flexibility index (Phi) is 46.6. The van der Waals surface area contributed by atoms with E-state index >= 15 is 0 Å². The van der Waals surface area contributed by atoms with Crippen molar-refractivity contribution in [2.45, 2.75) is 213 Å². The first-order valence-corrected chi connectivity index (χ1v) is 24.9. The van der Waals surface area contributed by atoms with Gasteiger partial charge in [-0.2, -0.15) is 0 Å². The molecule has 0 amide bonds. The van der Waals surface area contributed by atoms with Crippen molar-refractivity contribution in [2.24, 2.45) is 0 Å². The SMILES string of the molecule is CC/C=C\C/C=C\C/C=C\C/C=C\C/C=C\CCC(=O)OC(COC(=O)CCC/C=C\C/C=C\C/C=C\CC)COC(=O)CCCCCCCCC/C=C\CCCCCCCC. The summed E-state index contributed by atoms with van der Waals surface area (Å²) in [6.45, 7) is 6.27. The minimum absolute atomic E-state index is 0.128. The van der Waals surface area contributed by atoms with Crippen LogP contribution in [0.3, 0.4) is 0 Å². The van der Waals surface area contributed by atoms with Crippen molar-refractivity contribution in [3.8, 4) is 0 Å². The van der Waals surface area contributed by atoms with Crippen LogP contribution in [0.2, 0.25) is 0 Å². The number of carbonyl (C=O) groups is 3. The molecule has 1 atom stereocenters. The molecule has 62 heavy (non-hydrogen) atoms. The van der Waals surface area contributed by atoms with E-state index in [0.717, 1.165) is 77.0 Å². The molecule has 350 valence electrons. The van der Waals surface area contributed by atoms with E-state index in [1.807, 2.05) is 12.2 Å². The largest absolute Gasteiger partial charge is 0.462 e. The van der Waals surface area contributed by atoms with Gasteiger partial charge >= 0.3 is 17.9 Å². The number of carbonyl (C=O) groups excluding carboxylic acids is 3. The minimum Gasteiger partial charge on any atom is -0.462 e. The highest BCUT2D eigenvalue weighted by atomic mass is 16.6. The Balaban J connectivity index is 4.54. The zero-order valence-corrected chi connectivity index (χ0v) is 39.8. The van der Waals surface area contributed by atoms with Gasteiger partial charge in [-0.1, -0.05) is 194 Å². The Morgan fingerprint density at radius 3 is 1.13 bits per heavy atom. The molecule has 0 aliphatic carbocycles. The van der Waals surface area contributed by atoms with E-state index < -0.39 is 12.1 Å². The van der Waals surface area contributed by atoms with E-state index in [9.17, 15) is 14.4 Å². The standard InChI is InChI=1S/C56H90O6/c1-4-7-10-13-16-19-22-24-26-28-30-31-34-37-40-43-46-49-55(58)61-52-53(51-60-54(57)48-45-42-39-36-33-21-18-15-12-9-6-3)62-56(59)50-47-44-41-38-35-32-29-27-25-23-20-17-14-11-8-5-2/h8-9,11-12,17-18,20-21,24-27,32,35-36,39,41,44,53H,4-7,10,13-16,19,22-23,28-31,33-34,37-38,40,42-43,45-52H2,1-3H3/b11-8-,12-9-,20-17-,21-18-,26-24-,27-25-,35-32-,39-36-,44-41-. The van der Waals surface area contributed by atoms with E-state index in [4.69, 9.17) is 14.2 Å². The van der Waals surface area contributed by atoms with Gasteiger partial charge in [0.1, 0.15) is 13.2 Å². The monoisotopic (exact) mass is 859 g/mol. The molecule has 0 aliphatic rings. The maximum atomic E-state index is 12.7. The third-order valence-electron chi connectivity index (χ3n) is 10.0. The quantitative estimate of drug-likeness (QED) is 0.0263. The van der Waals surface area contributed by atoms with Crippen LogP contribution >= 0.6 is 0 Å². The zero-order chi connectivity index (χ0) is 45.1. The third-order valence-corrected chi connectivity index (χ3v) is 10.0. The van der Waals surface area contributed by atoms with Crippen LogP contribution in [-0.4, -0.2) is 37.2 Å². The van der Waals surface area contributed by atoms with Crippen molar-refractivity contribution in [3.05, 3.63) is 109 Å². The number of ether oxygens (including phenoxy) is 3. The van der Waals surface area contributed by atoms with Crippen molar-refractivity contribution in [2.75, 3.05) is 13.2 Å². The van der Waals surface area contributed by atoms with Gasteiger partial charge in [0.15, 0.2) is 6.10 Å². The Labute approximate surface area is 380 Å². The molecule has 6 nitrogen and oxygen atoms in total. The molecule has 0 fully saturated rings. The van der Waals surface area contributed by atoms with Crippen LogP contribution in [0.5, 0.6) is 0 Å². The molecule has 0 heterocycles. The van der Waals surface area contributed by atoms with Crippen LogP contribution < -0.4 is 0 Å². The maximum Gasteiger partial charge on any atom is 0.306 e. The van der Waals surface area contributed by atoms with Gasteiger partial charge in [0.25, 0.3) is 0 Å². The summed E-state index contributed by atoms with van der Waals surface area (Å²) in [6.07, 6.45) is 66.7. The number of hydrogen-bond acceptors (Lipinski definition) is 6. The van der Waals surface area contributed by atoms with Gasteiger partial charge in [-0.15, -0.1) is 0 Å². The predicted octanol–water partition coefficient (Wildman–Crippen LogP) is 16.4. The lowest BCUT2D eigenvalue weighted by atomic mass is 10.1. The molecule has 0 radical (unpaired) electrons. The first-order chi connectivity index (χ1) is 30.5. The summed E-state index contributed by atoms with van der Waals surface area (Å²) in [5, 5.41) is 0. The fraction of sp³-hybridized carbons (Fsp3) is 0.625. The molecule has 0 rings (SSSR count). The fourth-order valence-electron chi connectivity index (χ4n) is 6.33. The molecule has 0 aromatic heterocycles. The van der Waals surface area contributed by atoms with Gasteiger partial charge in [0.2, 0.25) is 0 Å². The lowest BCUT2D eigenvalue weighted by molar-refractivity contribution is -0.166. The van der Waals surface area contributed by atoms with E-state index in [1.165, 1.54) is 77.0 Å². The summed E-state index contributed by atoms with van der Waals surface area (Å²) in [7, 11) is 0. The summed E-state index contributed by atoms with van der Waals surface area (Å²) < 4.78 is 16.6. The van der Waals surface area contributed by atoms with Crippen LogP contribution in [0.15, 0.2) is 109 Å². The van der Waals surface area contributed by atoms with E-state index in [-0.39, 0.29) is 38.0 Å². The summed E-state index contributed by atoms with van der Waals surface area (Å²) in [4.78, 5) is 37.8. The second-order valence-corrected chi connectivity index (χ2v) is 16.0. The Morgan fingerprint density at radius 2 is 0.677 bits per heavy atom. The van der Waals surface area contributed by atoms with Crippen molar-refractivity contribution in [1.29, 1.82) is 0 Å². The van der Waals surface area contributed by atoms with Gasteiger partial charge in [-0.25, -0.2) is 0 Å². The molecule has 6 heteroatoms. The molecule has 0 saturated carbocycles. The van der Waals surface area contributed by atoms with Gasteiger partial charge in [0, 0.05) is 19.3 Å². The summed E-state index contributed by atoms with van der Waals surface area (Å²) in [5.74, 6) is -1.08. The number of rotatable bonds is 43. The topological polar surface area (TPSA) is 78.9 Å². The highest BCUT2D eigenvalue weighted by Crippen LogP contribution is 2.13. The highest BCUT2D eigenvalue weighted by molar-refractivity contribution is 5.71. The molecule has 1 unspecified atom stereocenters. The number of allylic oxidation sites excluding steroid dienone is 18. The number of hydrogen-bond donors (Lipinski definition) is 0. The van der Waals surface area contributed by atoms with Crippen molar-refractivity contribution in [3.63, 3.8) is 0 Å². The molecule has 0 N–H and O–H groups in total. The fourth-order valence-corrected chi connectivity index (χ4v) is 6.33. The first-order valence-electron chi connectivity index (χ1n) is 24.9. The van der Waals surface area contributed by atoms with Gasteiger partial charge in [0.05, 0.1) is 0 Å². The summed E-state index contributed by atoms with van der Waals surface area (Å²) in [6, 6.07) is 0. The molecule has 0 spiro atoms. The molecular formula is C56H90O6. The van der Waals surface area contributed by atoms with Crippen LogP contribution in [0.25, 0.3) is 0 Å². The van der Waals surface area contributed by atoms with Crippen LogP contribution in [-0.2, 0) is 28.6 Å². The molecule has 0 aliphatic heterocycles. The van der Waals surface area contributed by atoms with Gasteiger partial charge in [-0.05, 0) is 103 Å². The lowest BCUT2D eigenvalue weighted by Gasteiger charge is -2.18. The first kappa shape index (κ1) is 58.1. The number of unbranched alkanes of at least 4 members (excludes halogenated alkanes) is 14. The highest BCUT2D eigenvalue weighted by Gasteiger charge is 2.19. The van der Waals surface area contributed by atoms with Gasteiger partial charge < -0.3 is 14.2 Å². The molecular weight excluding hydrogens is 769 g/mol. The molecule has 0 bridgehead atoms. The summed E-state index contributed by atoms with van der Waals surface area (Å²) >= 11 is 0. The van der Waals surface area contributed by atoms with Crippen LogP contribution in [0.1, 0.15) is 207 Å². The normalized spacial score (nSPS) is 13.0. The van der Waals surface area contributed by atoms with E-state index in [0.29, 0.717) is 19.3 Å². The van der Waals surface area contributed by atoms with E-state index in [2.05, 4.69) is 118 Å². The molecule has 0 aromatic rings. The van der Waals surface area contributed by atoms with Crippen molar-refractivity contribution >= 4 is 17.9 Å². The summed E-state index contributed by atoms with van der Waals surface area (Å²) in [5.41, 5.74) is 0. The zero-order valence-electron chi connectivity index (χ0n) is 39.8. The average Bonchev–Trinajstić information content (AvgIpc) is 3.27. The molecule has 0 aromatic carbocycles. The smallest absolute Gasteiger partial charge is 0.306 e. The lowest BCUT2D eigenvalue weighted by Crippen LogP contribution is -2.30. The van der Waals surface area contributed by atoms with Crippen LogP contribution in [0, 0.1) is 0 Å². The number of esters is 3. The second-order valence-electron chi connectivity index (χ2n) is 16.0. The molecule has 0 saturated heterocycles. The van der Waals surface area contributed by atoms with Crippen LogP contribution in [0.4, 0.5) is 0 Å². The predicted molar refractivity (Wildman–Crippen MR) is 265 cm³/mol. The Bertz CT molecular complexity index is 1310. The average molecular weight is 859 g/mol. The van der Waals surface area contributed by atoms with Crippen molar-refractivity contribution in [1.82, 2.24) is 0 Å². The Morgan fingerprint density at radius 1 is 0.339 bits per heavy atom. The van der Waals surface area contributed by atoms with E-state index in [1.54, 1.807) is 0 Å². The third kappa shape index (κ3) is 47.1. The van der Waals surface area contributed by atoms with Crippen molar-refractivity contribution < 1.29 is 28.6 Å². The second kappa shape index (κ2) is 49.7. The minimum atomic E-state index is -0.840. The van der Waals surface area contributed by atoms with Gasteiger partial charge in [-0.3, -0.25) is 14.4 Å².